The number of aromatic hydroxyl groups is 1. The number of carbonyl (C=O) groups is 1. The summed E-state index contributed by atoms with van der Waals surface area (Å²) < 4.78 is 17.5. The quantitative estimate of drug-likeness (QED) is 0.450. The number of carboxylic acid groups (broad SMARTS) is 1. The molecule has 0 fully saturated rings. The van der Waals surface area contributed by atoms with Crippen LogP contribution in [0.3, 0.4) is 0 Å². The van der Waals surface area contributed by atoms with E-state index >= 15 is 0 Å². The molecule has 0 radical (unpaired) electrons. The Labute approximate surface area is 137 Å². The molecule has 1 aromatic heterocycles. The van der Waals surface area contributed by atoms with Crippen LogP contribution in [0.25, 0.3) is 0 Å². The van der Waals surface area contributed by atoms with E-state index in [0.29, 0.717) is 0 Å². The van der Waals surface area contributed by atoms with Crippen LogP contribution in [0, 0.1) is 0 Å². The number of para-hydroxylation sites is 1. The van der Waals surface area contributed by atoms with Gasteiger partial charge in [0, 0.05) is 5.56 Å². The van der Waals surface area contributed by atoms with Crippen molar-refractivity contribution < 1.29 is 29.0 Å². The van der Waals surface area contributed by atoms with E-state index < -0.39 is 25.4 Å². The molecule has 2 rings (SSSR count). The van der Waals surface area contributed by atoms with Gasteiger partial charge in [-0.3, -0.25) is 14.7 Å². The van der Waals surface area contributed by atoms with Gasteiger partial charge in [-0.15, -0.1) is 0 Å². The summed E-state index contributed by atoms with van der Waals surface area (Å²) in [7, 11) is -4.32. The number of phenolic OH excluding ortho intramolecular Hbond substituents is 1. The molecule has 130 valence electrons. The van der Waals surface area contributed by atoms with Gasteiger partial charge in [0.2, 0.25) is 0 Å². The number of aromatic amines is 1. The number of hydrogen-bond acceptors (Lipinski definition) is 6. The SMILES string of the molecule is CCOP(=O)(O)C(NC(C(=O)O)c1cnc[nH]1)c1ccccc1O. The highest BCUT2D eigenvalue weighted by Gasteiger charge is 2.39. The lowest BCUT2D eigenvalue weighted by Crippen LogP contribution is -2.32. The second-order valence-corrected chi connectivity index (χ2v) is 6.79. The number of nitrogens with one attached hydrogen (secondary N) is 2. The molecule has 0 bridgehead atoms. The molecule has 24 heavy (non-hydrogen) atoms. The van der Waals surface area contributed by atoms with Crippen LogP contribution in [-0.4, -0.2) is 37.7 Å². The van der Waals surface area contributed by atoms with Crippen LogP contribution in [0.2, 0.25) is 0 Å². The normalized spacial score (nSPS) is 16.2. The van der Waals surface area contributed by atoms with Crippen molar-refractivity contribution in [1.82, 2.24) is 15.3 Å². The maximum Gasteiger partial charge on any atom is 0.349 e. The fraction of sp³-hybridized carbons (Fsp3) is 0.286. The smallest absolute Gasteiger partial charge is 0.349 e. The Morgan fingerprint density at radius 1 is 1.46 bits per heavy atom. The van der Waals surface area contributed by atoms with Crippen LogP contribution in [-0.2, 0) is 13.9 Å². The van der Waals surface area contributed by atoms with E-state index in [-0.39, 0.29) is 23.6 Å². The first-order chi connectivity index (χ1) is 11.4. The summed E-state index contributed by atoms with van der Waals surface area (Å²) in [6.45, 7) is 1.48. The highest BCUT2D eigenvalue weighted by Crippen LogP contribution is 2.57. The van der Waals surface area contributed by atoms with E-state index in [4.69, 9.17) is 4.52 Å². The lowest BCUT2D eigenvalue weighted by molar-refractivity contribution is -0.139. The zero-order chi connectivity index (χ0) is 17.7. The molecule has 2 aromatic rings. The number of aromatic nitrogens is 2. The molecule has 0 aliphatic rings. The number of nitrogens with zero attached hydrogens (tertiary/aromatic N) is 1. The molecule has 5 N–H and O–H groups in total. The third kappa shape index (κ3) is 4.01. The van der Waals surface area contributed by atoms with Gasteiger partial charge in [-0.05, 0) is 13.0 Å². The van der Waals surface area contributed by atoms with Crippen molar-refractivity contribution >= 4 is 13.6 Å². The molecule has 3 unspecified atom stereocenters. The molecular weight excluding hydrogens is 337 g/mol. The maximum absolute atomic E-state index is 12.5. The van der Waals surface area contributed by atoms with Crippen LogP contribution in [0.1, 0.15) is 30.0 Å². The second-order valence-electron chi connectivity index (χ2n) is 4.89. The van der Waals surface area contributed by atoms with Crippen LogP contribution in [0.15, 0.2) is 36.8 Å². The number of benzene rings is 1. The van der Waals surface area contributed by atoms with E-state index in [0.717, 1.165) is 0 Å². The highest BCUT2D eigenvalue weighted by atomic mass is 31.2. The largest absolute Gasteiger partial charge is 0.508 e. The number of aliphatic carboxylic acids is 1. The van der Waals surface area contributed by atoms with Gasteiger partial charge in [0.15, 0.2) is 0 Å². The molecular formula is C14H18N3O6P. The minimum absolute atomic E-state index is 0.0542. The number of imidazole rings is 1. The molecule has 0 saturated heterocycles. The number of carboxylic acids is 1. The van der Waals surface area contributed by atoms with Crippen LogP contribution < -0.4 is 5.32 Å². The predicted octanol–water partition coefficient (Wildman–Crippen LogP) is 1.75. The Morgan fingerprint density at radius 2 is 2.17 bits per heavy atom. The Hall–Kier alpha value is -2.19. The lowest BCUT2D eigenvalue weighted by Gasteiger charge is -2.27. The fourth-order valence-corrected chi connectivity index (χ4v) is 3.64. The molecule has 0 aliphatic heterocycles. The molecule has 0 saturated carbocycles. The van der Waals surface area contributed by atoms with Gasteiger partial charge in [0.1, 0.15) is 17.6 Å². The van der Waals surface area contributed by atoms with E-state index in [9.17, 15) is 24.5 Å². The zero-order valence-electron chi connectivity index (χ0n) is 12.8. The van der Waals surface area contributed by atoms with Gasteiger partial charge in [0.05, 0.1) is 24.8 Å². The number of hydrogen-bond donors (Lipinski definition) is 5. The zero-order valence-corrected chi connectivity index (χ0v) is 13.7. The number of H-pyrrole nitrogens is 1. The molecule has 9 nitrogen and oxygen atoms in total. The summed E-state index contributed by atoms with van der Waals surface area (Å²) >= 11 is 0. The fourth-order valence-electron chi connectivity index (χ4n) is 2.21. The Kier molecular flexibility index (Phi) is 5.74. The third-order valence-electron chi connectivity index (χ3n) is 3.27. The van der Waals surface area contributed by atoms with Crippen molar-refractivity contribution in [3.8, 4) is 5.75 Å². The van der Waals surface area contributed by atoms with Crippen molar-refractivity contribution in [3.05, 3.63) is 48.0 Å². The van der Waals surface area contributed by atoms with Crippen LogP contribution in [0.5, 0.6) is 5.75 Å². The highest BCUT2D eigenvalue weighted by molar-refractivity contribution is 7.53. The minimum atomic E-state index is -4.32. The molecule has 3 atom stereocenters. The Morgan fingerprint density at radius 3 is 2.71 bits per heavy atom. The predicted molar refractivity (Wildman–Crippen MR) is 84.4 cm³/mol. The van der Waals surface area contributed by atoms with Crippen molar-refractivity contribution in [3.63, 3.8) is 0 Å². The third-order valence-corrected chi connectivity index (χ3v) is 4.98. The molecule has 0 aliphatic carbocycles. The maximum atomic E-state index is 12.5. The van der Waals surface area contributed by atoms with Gasteiger partial charge in [-0.25, -0.2) is 4.98 Å². The molecule has 10 heteroatoms. The molecule has 0 spiro atoms. The first-order valence-corrected chi connectivity index (χ1v) is 8.73. The average Bonchev–Trinajstić information content (AvgIpc) is 3.02. The summed E-state index contributed by atoms with van der Waals surface area (Å²) in [5.74, 6) is -2.98. The average molecular weight is 355 g/mol. The van der Waals surface area contributed by atoms with Gasteiger partial charge < -0.3 is 24.6 Å². The monoisotopic (exact) mass is 355 g/mol. The van der Waals surface area contributed by atoms with E-state index in [1.165, 1.54) is 31.6 Å². The summed E-state index contributed by atoms with van der Waals surface area (Å²) in [5, 5.41) is 22.0. The topological polar surface area (TPSA) is 145 Å². The number of phenols is 1. The van der Waals surface area contributed by atoms with Gasteiger partial charge in [-0.2, -0.15) is 0 Å². The number of rotatable bonds is 8. The van der Waals surface area contributed by atoms with Crippen molar-refractivity contribution in [2.45, 2.75) is 18.7 Å². The lowest BCUT2D eigenvalue weighted by atomic mass is 10.1. The summed E-state index contributed by atoms with van der Waals surface area (Å²) in [6, 6.07) is 4.50. The molecule has 0 amide bonds. The Balaban J connectivity index is 2.44. The van der Waals surface area contributed by atoms with Gasteiger partial charge in [0.25, 0.3) is 0 Å². The summed E-state index contributed by atoms with van der Waals surface area (Å²) in [6.07, 6.45) is 2.58. The summed E-state index contributed by atoms with van der Waals surface area (Å²) in [5.41, 5.74) is 0.252. The van der Waals surface area contributed by atoms with Crippen LogP contribution >= 0.6 is 7.60 Å². The molecule has 1 aromatic carbocycles. The minimum Gasteiger partial charge on any atom is -0.508 e. The first-order valence-electron chi connectivity index (χ1n) is 7.08. The Bertz CT molecular complexity index is 736. The summed E-state index contributed by atoms with van der Waals surface area (Å²) in [4.78, 5) is 28.2. The van der Waals surface area contributed by atoms with Crippen molar-refractivity contribution in [1.29, 1.82) is 0 Å². The van der Waals surface area contributed by atoms with E-state index in [2.05, 4.69) is 15.3 Å². The van der Waals surface area contributed by atoms with Gasteiger partial charge >= 0.3 is 13.6 Å². The molecule has 1 heterocycles. The van der Waals surface area contributed by atoms with Crippen molar-refractivity contribution in [2.75, 3.05) is 6.61 Å². The first kappa shape index (κ1) is 18.2. The van der Waals surface area contributed by atoms with Crippen LogP contribution in [0.4, 0.5) is 0 Å². The standard InChI is InChI=1S/C14H18N3O6P/c1-2-23-24(21,22)13(9-5-3-4-6-11(9)18)17-12(14(19)20)10-7-15-8-16-10/h3-8,12-13,17-18H,2H2,1H3,(H,15,16)(H,19,20)(H,21,22). The second kappa shape index (κ2) is 7.59. The van der Waals surface area contributed by atoms with Crippen molar-refractivity contribution in [2.24, 2.45) is 0 Å². The van der Waals surface area contributed by atoms with E-state index in [1.54, 1.807) is 12.1 Å². The van der Waals surface area contributed by atoms with Gasteiger partial charge in [-0.1, -0.05) is 18.2 Å². The van der Waals surface area contributed by atoms with E-state index in [1.807, 2.05) is 0 Å².